The van der Waals surface area contributed by atoms with Crippen LogP contribution in [0.4, 0.5) is 5.82 Å². The second-order valence-corrected chi connectivity index (χ2v) is 5.81. The average Bonchev–Trinajstić information content (AvgIpc) is 2.80. The monoisotopic (exact) mass is 247 g/mol. The molecule has 0 spiro atoms. The van der Waals surface area contributed by atoms with Crippen LogP contribution >= 0.6 is 0 Å². The fourth-order valence-corrected chi connectivity index (χ4v) is 2.08. The third-order valence-corrected chi connectivity index (χ3v) is 2.91. The zero-order valence-corrected chi connectivity index (χ0v) is 11.4. The molecule has 0 radical (unpaired) electrons. The summed E-state index contributed by atoms with van der Waals surface area (Å²) in [6, 6.07) is 3.72. The maximum Gasteiger partial charge on any atom is 0.255 e. The predicted molar refractivity (Wildman–Crippen MR) is 72.8 cm³/mol. The van der Waals surface area contributed by atoms with E-state index in [0.29, 0.717) is 5.56 Å². The van der Waals surface area contributed by atoms with Gasteiger partial charge in [-0.15, -0.1) is 0 Å². The largest absolute Gasteiger partial charge is 0.365 e. The van der Waals surface area contributed by atoms with E-state index in [0.717, 1.165) is 31.7 Å². The summed E-state index contributed by atoms with van der Waals surface area (Å²) >= 11 is 0. The fraction of sp³-hybridized carbons (Fsp3) is 0.571. The number of amides is 1. The molecule has 1 fully saturated rings. The minimum absolute atomic E-state index is 0.0204. The lowest BCUT2D eigenvalue weighted by molar-refractivity contribution is 0.0792. The van der Waals surface area contributed by atoms with E-state index in [1.165, 1.54) is 0 Å². The molecule has 1 saturated heterocycles. The molecular weight excluding hydrogens is 226 g/mol. The number of pyridine rings is 1. The summed E-state index contributed by atoms with van der Waals surface area (Å²) in [6.07, 6.45) is 3.89. The van der Waals surface area contributed by atoms with Gasteiger partial charge >= 0.3 is 0 Å². The molecule has 1 N–H and O–H groups in total. The third-order valence-electron chi connectivity index (χ3n) is 2.91. The number of carbonyl (C=O) groups excluding carboxylic acids is 1. The van der Waals surface area contributed by atoms with Gasteiger partial charge in [-0.1, -0.05) is 0 Å². The van der Waals surface area contributed by atoms with Crippen LogP contribution < -0.4 is 5.32 Å². The zero-order chi connectivity index (χ0) is 13.2. The van der Waals surface area contributed by atoms with E-state index in [9.17, 15) is 4.79 Å². The van der Waals surface area contributed by atoms with Gasteiger partial charge in [0.05, 0.1) is 5.56 Å². The Morgan fingerprint density at radius 3 is 2.44 bits per heavy atom. The Labute approximate surface area is 108 Å². The van der Waals surface area contributed by atoms with Gasteiger partial charge in [-0.05, 0) is 45.7 Å². The smallest absolute Gasteiger partial charge is 0.255 e. The van der Waals surface area contributed by atoms with Crippen molar-refractivity contribution in [1.29, 1.82) is 0 Å². The first-order valence-electron chi connectivity index (χ1n) is 6.49. The van der Waals surface area contributed by atoms with Gasteiger partial charge in [0.15, 0.2) is 0 Å². The molecule has 0 atom stereocenters. The van der Waals surface area contributed by atoms with Crippen molar-refractivity contribution in [3.63, 3.8) is 0 Å². The van der Waals surface area contributed by atoms with Gasteiger partial charge in [-0.25, -0.2) is 4.98 Å². The molecule has 0 saturated carbocycles. The molecule has 1 aliphatic rings. The maximum atomic E-state index is 12.1. The minimum Gasteiger partial charge on any atom is -0.365 e. The van der Waals surface area contributed by atoms with Gasteiger partial charge in [0.25, 0.3) is 5.91 Å². The van der Waals surface area contributed by atoms with Gasteiger partial charge in [-0.3, -0.25) is 4.79 Å². The summed E-state index contributed by atoms with van der Waals surface area (Å²) in [5.74, 6) is 0.905. The number of nitrogens with one attached hydrogen (secondary N) is 1. The normalized spacial score (nSPS) is 15.8. The first-order chi connectivity index (χ1) is 8.46. The van der Waals surface area contributed by atoms with Crippen LogP contribution in [0.5, 0.6) is 0 Å². The van der Waals surface area contributed by atoms with E-state index in [1.807, 2.05) is 17.0 Å². The van der Waals surface area contributed by atoms with Gasteiger partial charge in [0, 0.05) is 24.8 Å². The predicted octanol–water partition coefficient (Wildman–Crippen LogP) is 2.53. The molecule has 1 amide bonds. The van der Waals surface area contributed by atoms with Crippen LogP contribution in [0.2, 0.25) is 0 Å². The average molecular weight is 247 g/mol. The summed E-state index contributed by atoms with van der Waals surface area (Å²) in [7, 11) is 0. The van der Waals surface area contributed by atoms with E-state index in [4.69, 9.17) is 0 Å². The van der Waals surface area contributed by atoms with Crippen molar-refractivity contribution in [3.05, 3.63) is 23.9 Å². The lowest BCUT2D eigenvalue weighted by Crippen LogP contribution is -2.28. The van der Waals surface area contributed by atoms with E-state index < -0.39 is 0 Å². The molecule has 2 heterocycles. The Bertz CT molecular complexity index is 414. The van der Waals surface area contributed by atoms with Crippen molar-refractivity contribution in [1.82, 2.24) is 9.88 Å². The van der Waals surface area contributed by atoms with Crippen LogP contribution in [-0.4, -0.2) is 34.4 Å². The molecule has 4 heteroatoms. The Hall–Kier alpha value is -1.58. The molecule has 1 aliphatic heterocycles. The minimum atomic E-state index is -0.0204. The number of nitrogens with zero attached hydrogens (tertiary/aromatic N) is 2. The molecule has 0 bridgehead atoms. The van der Waals surface area contributed by atoms with E-state index in [-0.39, 0.29) is 11.4 Å². The van der Waals surface area contributed by atoms with E-state index in [2.05, 4.69) is 31.1 Å². The summed E-state index contributed by atoms with van der Waals surface area (Å²) in [5.41, 5.74) is 0.657. The number of hydrogen-bond acceptors (Lipinski definition) is 3. The zero-order valence-electron chi connectivity index (χ0n) is 11.4. The van der Waals surface area contributed by atoms with Crippen LogP contribution in [-0.2, 0) is 0 Å². The lowest BCUT2D eigenvalue weighted by atomic mass is 10.1. The highest BCUT2D eigenvalue weighted by molar-refractivity contribution is 5.94. The Kier molecular flexibility index (Phi) is 3.55. The summed E-state index contributed by atoms with van der Waals surface area (Å²) in [4.78, 5) is 18.3. The van der Waals surface area contributed by atoms with Crippen molar-refractivity contribution in [3.8, 4) is 0 Å². The van der Waals surface area contributed by atoms with Gasteiger partial charge in [0.2, 0.25) is 0 Å². The summed E-state index contributed by atoms with van der Waals surface area (Å²) in [5, 5.41) is 3.28. The molecule has 98 valence electrons. The second-order valence-electron chi connectivity index (χ2n) is 5.81. The summed E-state index contributed by atoms with van der Waals surface area (Å²) < 4.78 is 0. The summed E-state index contributed by atoms with van der Waals surface area (Å²) in [6.45, 7) is 8.00. The van der Waals surface area contributed by atoms with Crippen molar-refractivity contribution in [2.75, 3.05) is 18.4 Å². The molecule has 0 unspecified atom stereocenters. The van der Waals surface area contributed by atoms with Gasteiger partial charge < -0.3 is 10.2 Å². The number of carbonyl (C=O) groups is 1. The highest BCUT2D eigenvalue weighted by atomic mass is 16.2. The Morgan fingerprint density at radius 1 is 1.28 bits per heavy atom. The van der Waals surface area contributed by atoms with Gasteiger partial charge in [-0.2, -0.15) is 0 Å². The molecule has 18 heavy (non-hydrogen) atoms. The quantitative estimate of drug-likeness (QED) is 0.873. The number of likely N-dealkylation sites (tertiary alicyclic amines) is 1. The number of hydrogen-bond donors (Lipinski definition) is 1. The third kappa shape index (κ3) is 3.22. The van der Waals surface area contributed by atoms with Crippen LogP contribution in [0.3, 0.4) is 0 Å². The number of aromatic nitrogens is 1. The standard InChI is InChI=1S/C14H21N3O/c1-14(2,3)16-12-7-6-11(10-15-12)13(18)17-8-4-5-9-17/h6-7,10H,4-5,8-9H2,1-3H3,(H,15,16). The fourth-order valence-electron chi connectivity index (χ4n) is 2.08. The lowest BCUT2D eigenvalue weighted by Gasteiger charge is -2.21. The first kappa shape index (κ1) is 12.9. The highest BCUT2D eigenvalue weighted by Crippen LogP contribution is 2.15. The topological polar surface area (TPSA) is 45.2 Å². The number of rotatable bonds is 2. The molecule has 0 aliphatic carbocycles. The Balaban J connectivity index is 2.05. The van der Waals surface area contributed by atoms with Crippen molar-refractivity contribution < 1.29 is 4.79 Å². The Morgan fingerprint density at radius 2 is 1.94 bits per heavy atom. The van der Waals surface area contributed by atoms with Crippen molar-refractivity contribution in [2.24, 2.45) is 0 Å². The maximum absolute atomic E-state index is 12.1. The molecule has 2 rings (SSSR count). The second kappa shape index (κ2) is 4.96. The van der Waals surface area contributed by atoms with Gasteiger partial charge in [0.1, 0.15) is 5.82 Å². The SMILES string of the molecule is CC(C)(C)Nc1ccc(C(=O)N2CCCC2)cn1. The number of anilines is 1. The van der Waals surface area contributed by atoms with Crippen molar-refractivity contribution >= 4 is 11.7 Å². The van der Waals surface area contributed by atoms with E-state index >= 15 is 0 Å². The molecular formula is C14H21N3O. The molecule has 0 aromatic carbocycles. The molecule has 1 aromatic rings. The molecule has 4 nitrogen and oxygen atoms in total. The van der Waals surface area contributed by atoms with Crippen LogP contribution in [0.1, 0.15) is 44.0 Å². The van der Waals surface area contributed by atoms with E-state index in [1.54, 1.807) is 6.20 Å². The van der Waals surface area contributed by atoms with Crippen LogP contribution in [0.15, 0.2) is 18.3 Å². The van der Waals surface area contributed by atoms with Crippen LogP contribution in [0.25, 0.3) is 0 Å². The molecule has 1 aromatic heterocycles. The first-order valence-corrected chi connectivity index (χ1v) is 6.49. The van der Waals surface area contributed by atoms with Crippen molar-refractivity contribution in [2.45, 2.75) is 39.2 Å². The van der Waals surface area contributed by atoms with Crippen LogP contribution in [0, 0.1) is 0 Å². The highest BCUT2D eigenvalue weighted by Gasteiger charge is 2.19.